The largest absolute Gasteiger partial charge is 0.333 e. The first kappa shape index (κ1) is 1.76. The number of hydrogen-bond acceptors (Lipinski definition) is 1. The Bertz CT molecular complexity index is 57.1. The Morgan fingerprint density at radius 3 is 2.25 bits per heavy atom. The summed E-state index contributed by atoms with van der Waals surface area (Å²) in [6.07, 6.45) is 1.29. The molecular formula is C2H2FN. The predicted molar refractivity (Wildman–Crippen MR) is 12.3 cm³/mol. The summed E-state index contributed by atoms with van der Waals surface area (Å²) in [6.45, 7) is 0. The Morgan fingerprint density at radius 2 is 2.25 bits per heavy atom. The molecule has 0 atom stereocenters. The molecule has 1 aliphatic rings. The quantitative estimate of drug-likeness (QED) is 0.400. The van der Waals surface area contributed by atoms with E-state index in [1.54, 1.807) is 0 Å². The van der Waals surface area contributed by atoms with Crippen molar-refractivity contribution in [2.24, 2.45) is 0 Å². The van der Waals surface area contributed by atoms with E-state index in [2.05, 4.69) is 5.32 Å². The van der Waals surface area contributed by atoms with E-state index in [0.29, 0.717) is 0 Å². The van der Waals surface area contributed by atoms with E-state index >= 15 is 0 Å². The van der Waals surface area contributed by atoms with Gasteiger partial charge in [-0.1, -0.05) is 0 Å². The highest BCUT2D eigenvalue weighted by Crippen LogP contribution is 1.98. The maximum atomic E-state index is 10.9. The van der Waals surface area contributed by atoms with Crippen LogP contribution in [0.25, 0.3) is 0 Å². The van der Waals surface area contributed by atoms with Crippen LogP contribution in [0.2, 0.25) is 0 Å². The summed E-state index contributed by atoms with van der Waals surface area (Å²) in [5.41, 5.74) is 0. The second kappa shape index (κ2) is 0.267. The van der Waals surface area contributed by atoms with Gasteiger partial charge >= 0.3 is 0 Å². The second-order valence-corrected chi connectivity index (χ2v) is 0.637. The highest BCUT2D eigenvalue weighted by molar-refractivity contribution is 5.05. The van der Waals surface area contributed by atoms with Gasteiger partial charge in [0.2, 0.25) is 5.95 Å². The van der Waals surface area contributed by atoms with Crippen molar-refractivity contribution >= 4 is 0 Å². The molecule has 1 rings (SSSR count). The molecule has 22 valence electrons. The van der Waals surface area contributed by atoms with Gasteiger partial charge in [-0.05, 0) is 0 Å². The van der Waals surface area contributed by atoms with Crippen LogP contribution in [-0.2, 0) is 0 Å². The summed E-state index contributed by atoms with van der Waals surface area (Å²) >= 11 is 0. The molecule has 0 amide bonds. The predicted octanol–water partition coefficient (Wildman–Crippen LogP) is 0.358. The molecule has 0 bridgehead atoms. The standard InChI is InChI=1S/C2H2FN/c3-2-1-4-2/h1,4H. The Kier molecular flexibility index (Phi) is 0.117. The van der Waals surface area contributed by atoms with Crippen molar-refractivity contribution in [2.45, 2.75) is 0 Å². The lowest BCUT2D eigenvalue weighted by atomic mass is 11.2. The van der Waals surface area contributed by atoms with Crippen LogP contribution >= 0.6 is 0 Å². The molecule has 1 nitrogen and oxygen atoms in total. The normalized spacial score (nSPS) is 17.8. The van der Waals surface area contributed by atoms with E-state index in [-0.39, 0.29) is 5.95 Å². The molecule has 2 heteroatoms. The molecule has 1 N–H and O–H groups in total. The molecule has 4 heavy (non-hydrogen) atoms. The lowest BCUT2D eigenvalue weighted by Crippen LogP contribution is -1.63. The van der Waals surface area contributed by atoms with Crippen LogP contribution in [0.4, 0.5) is 4.39 Å². The zero-order valence-electron chi connectivity index (χ0n) is 1.96. The smallest absolute Gasteiger partial charge is 0.207 e. The van der Waals surface area contributed by atoms with E-state index < -0.39 is 0 Å². The summed E-state index contributed by atoms with van der Waals surface area (Å²) < 4.78 is 10.9. The van der Waals surface area contributed by atoms with Gasteiger partial charge in [0.1, 0.15) is 0 Å². The number of hydrogen-bond donors (Lipinski definition) is 1. The molecule has 0 saturated carbocycles. The monoisotopic (exact) mass is 59.0 g/mol. The summed E-state index contributed by atoms with van der Waals surface area (Å²) in [5, 5.41) is 2.22. The van der Waals surface area contributed by atoms with Gasteiger partial charge in [0.15, 0.2) is 0 Å². The molecule has 0 unspecified atom stereocenters. The van der Waals surface area contributed by atoms with Gasteiger partial charge in [0.25, 0.3) is 0 Å². The van der Waals surface area contributed by atoms with Crippen LogP contribution in [-0.4, -0.2) is 0 Å². The first-order chi connectivity index (χ1) is 1.89. The molecule has 0 aromatic carbocycles. The maximum absolute atomic E-state index is 10.9. The molecule has 0 radical (unpaired) electrons. The molecular weight excluding hydrogens is 57.0 g/mol. The van der Waals surface area contributed by atoms with Crippen LogP contribution in [0.3, 0.4) is 0 Å². The van der Waals surface area contributed by atoms with Gasteiger partial charge in [0, 0.05) is 0 Å². The van der Waals surface area contributed by atoms with Gasteiger partial charge in [-0.15, -0.1) is 0 Å². The van der Waals surface area contributed by atoms with Gasteiger partial charge in [-0.2, -0.15) is 4.39 Å². The van der Waals surface area contributed by atoms with Crippen molar-refractivity contribution in [1.29, 1.82) is 0 Å². The Balaban J connectivity index is 2.54. The van der Waals surface area contributed by atoms with Crippen molar-refractivity contribution in [1.82, 2.24) is 5.32 Å². The first-order valence-electron chi connectivity index (χ1n) is 1.02. The average molecular weight is 59.0 g/mol. The number of nitrogens with one attached hydrogen (secondary N) is 1. The lowest BCUT2D eigenvalue weighted by molar-refractivity contribution is 0.654. The first-order valence-corrected chi connectivity index (χ1v) is 1.02. The fourth-order valence-electron chi connectivity index (χ4n) is 0.0273. The summed E-state index contributed by atoms with van der Waals surface area (Å²) in [5.74, 6) is -0.208. The minimum Gasteiger partial charge on any atom is -0.333 e. The molecule has 0 aromatic rings. The third-order valence-corrected chi connectivity index (χ3v) is 0.253. The van der Waals surface area contributed by atoms with Crippen molar-refractivity contribution in [3.05, 3.63) is 12.2 Å². The number of rotatable bonds is 0. The fraction of sp³-hybridized carbons (Fsp3) is 0. The average Bonchev–Trinajstić information content (AvgIpc) is 1.75. The highest BCUT2D eigenvalue weighted by Gasteiger charge is 1.98. The molecule has 0 aliphatic carbocycles. The fourth-order valence-corrected chi connectivity index (χ4v) is 0.0273. The third kappa shape index (κ3) is 0.0532. The van der Waals surface area contributed by atoms with E-state index in [4.69, 9.17) is 0 Å². The van der Waals surface area contributed by atoms with Gasteiger partial charge in [-0.25, -0.2) is 0 Å². The van der Waals surface area contributed by atoms with E-state index in [1.165, 1.54) is 6.20 Å². The van der Waals surface area contributed by atoms with E-state index in [1.807, 2.05) is 0 Å². The minimum atomic E-state index is -0.208. The SMILES string of the molecule is FC1=CN1. The van der Waals surface area contributed by atoms with Crippen molar-refractivity contribution in [3.8, 4) is 0 Å². The lowest BCUT2D eigenvalue weighted by Gasteiger charge is -1.48. The molecule has 0 aromatic heterocycles. The molecule has 0 saturated heterocycles. The molecule has 0 spiro atoms. The van der Waals surface area contributed by atoms with Crippen molar-refractivity contribution < 1.29 is 4.39 Å². The second-order valence-electron chi connectivity index (χ2n) is 0.637. The molecule has 0 fully saturated rings. The van der Waals surface area contributed by atoms with E-state index in [0.717, 1.165) is 0 Å². The Hall–Kier alpha value is -0.530. The van der Waals surface area contributed by atoms with Gasteiger partial charge in [-0.3, -0.25) is 0 Å². The summed E-state index contributed by atoms with van der Waals surface area (Å²) in [4.78, 5) is 0. The zero-order chi connectivity index (χ0) is 2.99. The highest BCUT2D eigenvalue weighted by atomic mass is 19.1. The van der Waals surface area contributed by atoms with Crippen LogP contribution in [0.5, 0.6) is 0 Å². The van der Waals surface area contributed by atoms with Crippen LogP contribution < -0.4 is 5.32 Å². The number of halogens is 1. The van der Waals surface area contributed by atoms with Crippen molar-refractivity contribution in [3.63, 3.8) is 0 Å². The van der Waals surface area contributed by atoms with E-state index in [9.17, 15) is 4.39 Å². The minimum absolute atomic E-state index is 0.208. The van der Waals surface area contributed by atoms with Crippen LogP contribution in [0, 0.1) is 0 Å². The molecule has 1 heterocycles. The topological polar surface area (TPSA) is 21.9 Å². The van der Waals surface area contributed by atoms with Gasteiger partial charge in [0.05, 0.1) is 6.20 Å². The van der Waals surface area contributed by atoms with Crippen molar-refractivity contribution in [2.75, 3.05) is 0 Å². The molecule has 1 aliphatic heterocycles. The van der Waals surface area contributed by atoms with Gasteiger partial charge < -0.3 is 5.32 Å². The Labute approximate surface area is 23.1 Å². The Morgan fingerprint density at radius 1 is 2.00 bits per heavy atom. The summed E-state index contributed by atoms with van der Waals surface area (Å²) in [6, 6.07) is 0. The third-order valence-electron chi connectivity index (χ3n) is 0.253. The van der Waals surface area contributed by atoms with Crippen LogP contribution in [0.1, 0.15) is 0 Å². The maximum Gasteiger partial charge on any atom is 0.207 e. The zero-order valence-corrected chi connectivity index (χ0v) is 1.96. The summed E-state index contributed by atoms with van der Waals surface area (Å²) in [7, 11) is 0. The van der Waals surface area contributed by atoms with Crippen LogP contribution in [0.15, 0.2) is 12.2 Å².